The van der Waals surface area contributed by atoms with E-state index in [2.05, 4.69) is 4.98 Å². The second-order valence-corrected chi connectivity index (χ2v) is 7.26. The highest BCUT2D eigenvalue weighted by Gasteiger charge is 2.36. The molecule has 0 spiro atoms. The van der Waals surface area contributed by atoms with Gasteiger partial charge in [-0.15, -0.1) is 0 Å². The van der Waals surface area contributed by atoms with E-state index in [0.717, 1.165) is 23.4 Å². The fourth-order valence-corrected chi connectivity index (χ4v) is 4.21. The lowest BCUT2D eigenvalue weighted by atomic mass is 9.82. The van der Waals surface area contributed by atoms with Gasteiger partial charge < -0.3 is 9.47 Å². The van der Waals surface area contributed by atoms with E-state index in [0.29, 0.717) is 19.6 Å². The van der Waals surface area contributed by atoms with Gasteiger partial charge in [-0.25, -0.2) is 0 Å². The Kier molecular flexibility index (Phi) is 4.34. The van der Waals surface area contributed by atoms with E-state index in [-0.39, 0.29) is 23.9 Å². The molecule has 0 unspecified atom stereocenters. The summed E-state index contributed by atoms with van der Waals surface area (Å²) in [5.74, 6) is 0.319. The lowest BCUT2D eigenvalue weighted by Gasteiger charge is -2.43. The van der Waals surface area contributed by atoms with Crippen LogP contribution in [0.4, 0.5) is 13.2 Å². The van der Waals surface area contributed by atoms with Gasteiger partial charge in [0.1, 0.15) is 0 Å². The van der Waals surface area contributed by atoms with E-state index in [1.165, 1.54) is 0 Å². The van der Waals surface area contributed by atoms with Gasteiger partial charge in [0.25, 0.3) is 5.56 Å². The van der Waals surface area contributed by atoms with Crippen LogP contribution in [0.5, 0.6) is 0 Å². The Balaban J connectivity index is 1.62. The molecule has 0 aliphatic carbocycles. The number of piperidine rings is 1. The quantitative estimate of drug-likeness (QED) is 0.840. The van der Waals surface area contributed by atoms with Crippen molar-refractivity contribution in [1.29, 1.82) is 0 Å². The first kappa shape index (κ1) is 17.3. The van der Waals surface area contributed by atoms with Crippen molar-refractivity contribution in [1.82, 2.24) is 14.5 Å². The molecule has 2 bridgehead atoms. The fraction of sp³-hybridized carbons (Fsp3) is 0.474. The summed E-state index contributed by atoms with van der Waals surface area (Å²) >= 11 is 0. The van der Waals surface area contributed by atoms with E-state index in [1.54, 1.807) is 16.8 Å². The molecule has 4 heterocycles. The lowest BCUT2D eigenvalue weighted by Crippen LogP contribution is -2.47. The Labute approximate surface area is 149 Å². The van der Waals surface area contributed by atoms with Crippen LogP contribution in [0.3, 0.4) is 0 Å². The number of rotatable bonds is 3. The third kappa shape index (κ3) is 3.53. The summed E-state index contributed by atoms with van der Waals surface area (Å²) in [5, 5.41) is 0. The van der Waals surface area contributed by atoms with Crippen LogP contribution in [-0.2, 0) is 6.54 Å². The zero-order chi connectivity index (χ0) is 18.3. The summed E-state index contributed by atoms with van der Waals surface area (Å²) in [7, 11) is 0. The maximum absolute atomic E-state index is 12.6. The number of aromatic nitrogens is 2. The summed E-state index contributed by atoms with van der Waals surface area (Å²) in [6.45, 7) is 1.80. The molecular formula is C19H20F3N3O. The molecule has 0 aromatic carbocycles. The van der Waals surface area contributed by atoms with Crippen molar-refractivity contribution in [2.24, 2.45) is 5.92 Å². The molecule has 1 saturated heterocycles. The van der Waals surface area contributed by atoms with Crippen LogP contribution >= 0.6 is 0 Å². The number of fused-ring (bicyclic) bond motifs is 4. The average Bonchev–Trinajstić information content (AvgIpc) is 2.61. The van der Waals surface area contributed by atoms with Gasteiger partial charge in [0, 0.05) is 55.6 Å². The molecule has 7 heteroatoms. The van der Waals surface area contributed by atoms with Gasteiger partial charge in [0.2, 0.25) is 0 Å². The Morgan fingerprint density at radius 2 is 2.00 bits per heavy atom. The highest BCUT2D eigenvalue weighted by atomic mass is 19.4. The minimum absolute atomic E-state index is 0.0284. The Morgan fingerprint density at radius 1 is 1.15 bits per heavy atom. The zero-order valence-electron chi connectivity index (χ0n) is 14.2. The molecule has 2 aromatic heterocycles. The molecule has 26 heavy (non-hydrogen) atoms. The minimum Gasteiger partial charge on any atom is -0.312 e. The molecule has 1 fully saturated rings. The Bertz CT molecular complexity index is 847. The average molecular weight is 363 g/mol. The molecule has 0 N–H and O–H groups in total. The smallest absolute Gasteiger partial charge is 0.312 e. The SMILES string of the molecule is O=c1cc(-c2ccccn2)cc2n1C[C@H]1C[C@@H]2CN(CCC(F)(F)F)C1. The number of hydrogen-bond donors (Lipinski definition) is 0. The normalized spacial score (nSPS) is 22.9. The molecular weight excluding hydrogens is 343 g/mol. The first-order valence-corrected chi connectivity index (χ1v) is 8.84. The zero-order valence-corrected chi connectivity index (χ0v) is 14.2. The number of halogens is 3. The number of alkyl halides is 3. The van der Waals surface area contributed by atoms with Crippen molar-refractivity contribution in [2.75, 3.05) is 19.6 Å². The largest absolute Gasteiger partial charge is 0.390 e. The van der Waals surface area contributed by atoms with Crippen molar-refractivity contribution < 1.29 is 13.2 Å². The molecule has 2 aromatic rings. The molecule has 2 aliphatic heterocycles. The van der Waals surface area contributed by atoms with E-state index in [9.17, 15) is 18.0 Å². The van der Waals surface area contributed by atoms with Gasteiger partial charge in [0.05, 0.1) is 12.1 Å². The summed E-state index contributed by atoms with van der Waals surface area (Å²) in [6, 6.07) is 9.13. The summed E-state index contributed by atoms with van der Waals surface area (Å²) in [5.41, 5.74) is 2.38. The summed E-state index contributed by atoms with van der Waals surface area (Å²) in [4.78, 5) is 18.8. The number of nitrogens with zero attached hydrogens (tertiary/aromatic N) is 3. The minimum atomic E-state index is -4.13. The van der Waals surface area contributed by atoms with Gasteiger partial charge >= 0.3 is 6.18 Å². The van der Waals surface area contributed by atoms with Crippen molar-refractivity contribution in [2.45, 2.75) is 31.5 Å². The summed E-state index contributed by atoms with van der Waals surface area (Å²) < 4.78 is 39.5. The Morgan fingerprint density at radius 3 is 2.73 bits per heavy atom. The van der Waals surface area contributed by atoms with Crippen molar-refractivity contribution >= 4 is 0 Å². The molecule has 0 radical (unpaired) electrons. The third-order valence-corrected chi connectivity index (χ3v) is 5.30. The van der Waals surface area contributed by atoms with Crippen LogP contribution < -0.4 is 5.56 Å². The number of pyridine rings is 2. The highest BCUT2D eigenvalue weighted by Crippen LogP contribution is 2.36. The molecule has 138 valence electrons. The van der Waals surface area contributed by atoms with Gasteiger partial charge in [-0.3, -0.25) is 9.78 Å². The third-order valence-electron chi connectivity index (χ3n) is 5.30. The van der Waals surface area contributed by atoms with Crippen molar-refractivity contribution in [3.8, 4) is 11.3 Å². The predicted octanol–water partition coefficient (Wildman–Crippen LogP) is 3.28. The standard InChI is InChI=1S/C19H20F3N3O/c20-19(21,22)4-6-24-10-13-7-15(12-24)17-8-14(9-18(26)25(17)11-13)16-3-1-2-5-23-16/h1-3,5,8-9,13,15H,4,6-7,10-12H2/t13-,15+/m0/s1. The number of hydrogen-bond acceptors (Lipinski definition) is 3. The number of likely N-dealkylation sites (tertiary alicyclic amines) is 1. The lowest BCUT2D eigenvalue weighted by molar-refractivity contribution is -0.139. The maximum Gasteiger partial charge on any atom is 0.390 e. The van der Waals surface area contributed by atoms with Gasteiger partial charge in [0.15, 0.2) is 0 Å². The van der Waals surface area contributed by atoms with Gasteiger partial charge in [-0.2, -0.15) is 13.2 Å². The molecule has 0 saturated carbocycles. The maximum atomic E-state index is 12.6. The second kappa shape index (κ2) is 6.54. The van der Waals surface area contributed by atoms with E-state index < -0.39 is 12.6 Å². The van der Waals surface area contributed by atoms with E-state index >= 15 is 0 Å². The van der Waals surface area contributed by atoms with Crippen LogP contribution in [0.2, 0.25) is 0 Å². The fourth-order valence-electron chi connectivity index (χ4n) is 4.21. The van der Waals surface area contributed by atoms with Gasteiger partial charge in [-0.1, -0.05) is 6.07 Å². The molecule has 2 atom stereocenters. The first-order chi connectivity index (χ1) is 12.4. The molecule has 4 nitrogen and oxygen atoms in total. The highest BCUT2D eigenvalue weighted by molar-refractivity contribution is 5.59. The van der Waals surface area contributed by atoms with Crippen molar-refractivity contribution in [3.05, 3.63) is 52.6 Å². The first-order valence-electron chi connectivity index (χ1n) is 8.84. The van der Waals surface area contributed by atoms with Crippen LogP contribution in [0.15, 0.2) is 41.3 Å². The van der Waals surface area contributed by atoms with Crippen LogP contribution in [0.25, 0.3) is 11.3 Å². The summed E-state index contributed by atoms with van der Waals surface area (Å²) in [6.07, 6.45) is -2.31. The topological polar surface area (TPSA) is 38.1 Å². The van der Waals surface area contributed by atoms with Crippen LogP contribution in [0, 0.1) is 5.92 Å². The predicted molar refractivity (Wildman–Crippen MR) is 91.9 cm³/mol. The molecule has 2 aliphatic rings. The monoisotopic (exact) mass is 363 g/mol. The van der Waals surface area contributed by atoms with E-state index in [4.69, 9.17) is 0 Å². The van der Waals surface area contributed by atoms with Crippen LogP contribution in [-0.4, -0.2) is 40.3 Å². The molecule has 0 amide bonds. The second-order valence-electron chi connectivity index (χ2n) is 7.26. The van der Waals surface area contributed by atoms with E-state index in [1.807, 2.05) is 29.2 Å². The molecule has 4 rings (SSSR count). The van der Waals surface area contributed by atoms with Crippen LogP contribution in [0.1, 0.15) is 24.5 Å². The van der Waals surface area contributed by atoms with Gasteiger partial charge in [-0.05, 0) is 30.5 Å². The Hall–Kier alpha value is -2.15. The van der Waals surface area contributed by atoms with Crippen molar-refractivity contribution in [3.63, 3.8) is 0 Å².